The van der Waals surface area contributed by atoms with Crippen molar-refractivity contribution in [3.05, 3.63) is 28.8 Å². The first-order valence-electron chi connectivity index (χ1n) is 5.37. The molecule has 1 aliphatic rings. The van der Waals surface area contributed by atoms with Gasteiger partial charge in [-0.25, -0.2) is 4.98 Å². The lowest BCUT2D eigenvalue weighted by atomic mass is 10.0. The van der Waals surface area contributed by atoms with Crippen LogP contribution in [0, 0.1) is 0 Å². The van der Waals surface area contributed by atoms with Crippen molar-refractivity contribution in [2.75, 3.05) is 17.6 Å². The number of rotatable bonds is 0. The van der Waals surface area contributed by atoms with E-state index in [1.807, 2.05) is 18.2 Å². The van der Waals surface area contributed by atoms with Crippen LogP contribution in [0.25, 0.3) is 10.9 Å². The Hall–Kier alpha value is -1.48. The van der Waals surface area contributed by atoms with E-state index in [1.165, 1.54) is 0 Å². The van der Waals surface area contributed by atoms with Gasteiger partial charge >= 0.3 is 0 Å². The van der Waals surface area contributed by atoms with Gasteiger partial charge in [-0.1, -0.05) is 11.6 Å². The fraction of sp³-hybridized carbons (Fsp3) is 0.250. The second-order valence-electron chi connectivity index (χ2n) is 4.04. The van der Waals surface area contributed by atoms with Gasteiger partial charge in [-0.05, 0) is 31.0 Å². The van der Waals surface area contributed by atoms with Crippen molar-refractivity contribution in [3.8, 4) is 0 Å². The zero-order valence-electron chi connectivity index (χ0n) is 8.76. The van der Waals surface area contributed by atoms with Crippen LogP contribution in [0.5, 0.6) is 0 Å². The zero-order chi connectivity index (χ0) is 11.1. The molecular formula is C12H12ClN3. The summed E-state index contributed by atoms with van der Waals surface area (Å²) in [5.41, 5.74) is 9.00. The molecule has 0 saturated heterocycles. The first kappa shape index (κ1) is 9.73. The Morgan fingerprint density at radius 3 is 3.12 bits per heavy atom. The van der Waals surface area contributed by atoms with Crippen molar-refractivity contribution in [2.24, 2.45) is 0 Å². The number of anilines is 2. The lowest BCUT2D eigenvalue weighted by Gasteiger charge is -2.19. The van der Waals surface area contributed by atoms with E-state index in [2.05, 4.69) is 10.3 Å². The summed E-state index contributed by atoms with van der Waals surface area (Å²) >= 11 is 5.95. The number of benzene rings is 1. The first-order valence-corrected chi connectivity index (χ1v) is 5.75. The van der Waals surface area contributed by atoms with E-state index in [-0.39, 0.29) is 0 Å². The summed E-state index contributed by atoms with van der Waals surface area (Å²) in [5, 5.41) is 4.96. The van der Waals surface area contributed by atoms with Crippen molar-refractivity contribution in [1.29, 1.82) is 0 Å². The number of aromatic nitrogens is 1. The second kappa shape index (κ2) is 3.52. The molecule has 1 aromatic carbocycles. The van der Waals surface area contributed by atoms with Crippen molar-refractivity contribution in [3.63, 3.8) is 0 Å². The van der Waals surface area contributed by atoms with Gasteiger partial charge in [-0.2, -0.15) is 0 Å². The summed E-state index contributed by atoms with van der Waals surface area (Å²) in [6.07, 6.45) is 2.11. The molecule has 0 bridgehead atoms. The average molecular weight is 234 g/mol. The summed E-state index contributed by atoms with van der Waals surface area (Å²) in [6, 6.07) is 5.64. The Morgan fingerprint density at radius 1 is 1.38 bits per heavy atom. The molecule has 0 unspecified atom stereocenters. The second-order valence-corrected chi connectivity index (χ2v) is 4.48. The Morgan fingerprint density at radius 2 is 2.25 bits per heavy atom. The Balaban J connectivity index is 2.34. The normalized spacial score (nSPS) is 14.6. The van der Waals surface area contributed by atoms with Gasteiger partial charge in [0.25, 0.3) is 0 Å². The highest BCUT2D eigenvalue weighted by Gasteiger charge is 2.15. The van der Waals surface area contributed by atoms with E-state index in [4.69, 9.17) is 17.3 Å². The van der Waals surface area contributed by atoms with Crippen LogP contribution in [0.1, 0.15) is 12.0 Å². The number of hydrogen-bond acceptors (Lipinski definition) is 3. The topological polar surface area (TPSA) is 50.9 Å². The van der Waals surface area contributed by atoms with Crippen LogP contribution in [-0.2, 0) is 6.42 Å². The van der Waals surface area contributed by atoms with Crippen molar-refractivity contribution in [1.82, 2.24) is 4.98 Å². The van der Waals surface area contributed by atoms with Gasteiger partial charge < -0.3 is 11.1 Å². The third-order valence-corrected chi connectivity index (χ3v) is 3.22. The smallest absolute Gasteiger partial charge is 0.131 e. The van der Waals surface area contributed by atoms with Crippen LogP contribution < -0.4 is 11.1 Å². The summed E-state index contributed by atoms with van der Waals surface area (Å²) in [5.74, 6) is 0.915. The van der Waals surface area contributed by atoms with E-state index >= 15 is 0 Å². The van der Waals surface area contributed by atoms with E-state index in [0.29, 0.717) is 5.02 Å². The Kier molecular flexibility index (Phi) is 2.14. The number of fused-ring (bicyclic) bond motifs is 2. The molecule has 16 heavy (non-hydrogen) atoms. The standard InChI is InChI=1S/C12H12ClN3/c13-7-3-4-8-10(6-7)16-12-9(11(8)14)2-1-5-15-12/h3-4,6H,1-2,5H2,(H3,14,15,16). The van der Waals surface area contributed by atoms with E-state index in [0.717, 1.165) is 47.4 Å². The van der Waals surface area contributed by atoms with Gasteiger partial charge in [-0.3, -0.25) is 0 Å². The van der Waals surface area contributed by atoms with Crippen molar-refractivity contribution in [2.45, 2.75) is 12.8 Å². The predicted molar refractivity (Wildman–Crippen MR) is 68.0 cm³/mol. The molecule has 0 aliphatic carbocycles. The average Bonchev–Trinajstić information content (AvgIpc) is 2.29. The minimum atomic E-state index is 0.690. The summed E-state index contributed by atoms with van der Waals surface area (Å²) in [6.45, 7) is 0.964. The molecule has 4 heteroatoms. The fourth-order valence-corrected chi connectivity index (χ4v) is 2.34. The van der Waals surface area contributed by atoms with Crippen molar-refractivity contribution < 1.29 is 0 Å². The van der Waals surface area contributed by atoms with Crippen LogP contribution in [0.2, 0.25) is 5.02 Å². The van der Waals surface area contributed by atoms with Gasteiger partial charge in [0.1, 0.15) is 5.82 Å². The minimum Gasteiger partial charge on any atom is -0.398 e. The molecule has 0 atom stereocenters. The number of nitrogen functional groups attached to an aromatic ring is 1. The molecule has 0 saturated carbocycles. The third kappa shape index (κ3) is 1.39. The SMILES string of the molecule is Nc1c2c(nc3cc(Cl)ccc13)NCCC2. The van der Waals surface area contributed by atoms with E-state index < -0.39 is 0 Å². The highest BCUT2D eigenvalue weighted by molar-refractivity contribution is 6.31. The maximum absolute atomic E-state index is 6.17. The largest absolute Gasteiger partial charge is 0.398 e. The van der Waals surface area contributed by atoms with E-state index in [9.17, 15) is 0 Å². The molecule has 2 aromatic rings. The minimum absolute atomic E-state index is 0.690. The fourth-order valence-electron chi connectivity index (χ4n) is 2.17. The summed E-state index contributed by atoms with van der Waals surface area (Å²) in [4.78, 5) is 4.56. The lowest BCUT2D eigenvalue weighted by Crippen LogP contribution is -2.15. The first-order chi connectivity index (χ1) is 7.75. The van der Waals surface area contributed by atoms with Crippen LogP contribution in [0.4, 0.5) is 11.5 Å². The molecule has 0 fully saturated rings. The number of hydrogen-bond donors (Lipinski definition) is 2. The molecular weight excluding hydrogens is 222 g/mol. The molecule has 0 radical (unpaired) electrons. The van der Waals surface area contributed by atoms with Gasteiger partial charge in [0.2, 0.25) is 0 Å². The predicted octanol–water partition coefficient (Wildman–Crippen LogP) is 2.83. The quantitative estimate of drug-likeness (QED) is 0.736. The van der Waals surface area contributed by atoms with Crippen LogP contribution in [-0.4, -0.2) is 11.5 Å². The molecule has 3 rings (SSSR count). The van der Waals surface area contributed by atoms with Crippen LogP contribution in [0.3, 0.4) is 0 Å². The highest BCUT2D eigenvalue weighted by Crippen LogP contribution is 2.32. The van der Waals surface area contributed by atoms with E-state index in [1.54, 1.807) is 0 Å². The molecule has 82 valence electrons. The maximum Gasteiger partial charge on any atom is 0.131 e. The van der Waals surface area contributed by atoms with Gasteiger partial charge in [0, 0.05) is 28.2 Å². The molecule has 0 amide bonds. The molecule has 1 aliphatic heterocycles. The number of nitrogens with zero attached hydrogens (tertiary/aromatic N) is 1. The summed E-state index contributed by atoms with van der Waals surface area (Å²) in [7, 11) is 0. The summed E-state index contributed by atoms with van der Waals surface area (Å²) < 4.78 is 0. The molecule has 3 N–H and O–H groups in total. The zero-order valence-corrected chi connectivity index (χ0v) is 9.51. The Bertz CT molecular complexity index is 566. The Labute approximate surface area is 98.6 Å². The monoisotopic (exact) mass is 233 g/mol. The third-order valence-electron chi connectivity index (χ3n) is 2.99. The maximum atomic E-state index is 6.17. The van der Waals surface area contributed by atoms with Crippen molar-refractivity contribution >= 4 is 34.0 Å². The molecule has 2 heterocycles. The number of halogens is 1. The molecule has 1 aromatic heterocycles. The van der Waals surface area contributed by atoms with Gasteiger partial charge in [-0.15, -0.1) is 0 Å². The molecule has 3 nitrogen and oxygen atoms in total. The molecule has 0 spiro atoms. The van der Waals surface area contributed by atoms with Gasteiger partial charge in [0.05, 0.1) is 5.52 Å². The highest BCUT2D eigenvalue weighted by atomic mass is 35.5. The van der Waals surface area contributed by atoms with Crippen LogP contribution in [0.15, 0.2) is 18.2 Å². The number of nitrogens with two attached hydrogens (primary N) is 1. The van der Waals surface area contributed by atoms with Gasteiger partial charge in [0.15, 0.2) is 0 Å². The van der Waals surface area contributed by atoms with Crippen LogP contribution >= 0.6 is 11.6 Å². The number of nitrogens with one attached hydrogen (secondary N) is 1. The lowest BCUT2D eigenvalue weighted by molar-refractivity contribution is 0.823. The number of pyridine rings is 1.